The van der Waals surface area contributed by atoms with E-state index < -0.39 is 0 Å². The Labute approximate surface area is 164 Å². The van der Waals surface area contributed by atoms with Gasteiger partial charge in [0.2, 0.25) is 0 Å². The lowest BCUT2D eigenvalue weighted by Crippen LogP contribution is -2.42. The number of hydrogen-bond donors (Lipinski definition) is 1. The number of likely N-dealkylation sites (tertiary alicyclic amines) is 1. The molecule has 0 spiro atoms. The fourth-order valence-electron chi connectivity index (χ4n) is 3.71. The molecular weight excluding hydrogens is 352 g/mol. The minimum Gasteiger partial charge on any atom is -0.489 e. The summed E-state index contributed by atoms with van der Waals surface area (Å²) in [5, 5.41) is 1.60. The van der Waals surface area contributed by atoms with E-state index in [1.54, 1.807) is 6.20 Å². The summed E-state index contributed by atoms with van der Waals surface area (Å²) in [6, 6.07) is 17.8. The molecule has 1 atom stereocenters. The predicted molar refractivity (Wildman–Crippen MR) is 111 cm³/mol. The largest absolute Gasteiger partial charge is 0.489 e. The first-order chi connectivity index (χ1) is 13.8. The zero-order valence-corrected chi connectivity index (χ0v) is 16.0. The van der Waals surface area contributed by atoms with Gasteiger partial charge < -0.3 is 14.5 Å². The Morgan fingerprint density at radius 3 is 2.89 bits per heavy atom. The topological polar surface area (TPSA) is 54.6 Å². The van der Waals surface area contributed by atoms with E-state index in [9.17, 15) is 4.79 Å². The van der Waals surface area contributed by atoms with Gasteiger partial charge in [-0.3, -0.25) is 9.69 Å². The molecule has 1 aromatic heterocycles. The number of piperidine rings is 1. The average Bonchev–Trinajstić information content (AvgIpc) is 2.72. The summed E-state index contributed by atoms with van der Waals surface area (Å²) in [4.78, 5) is 16.9. The highest BCUT2D eigenvalue weighted by Gasteiger charge is 2.21. The lowest BCUT2D eigenvalue weighted by atomic mass is 10.1. The van der Waals surface area contributed by atoms with Gasteiger partial charge in [0.15, 0.2) is 0 Å². The van der Waals surface area contributed by atoms with Crippen LogP contribution in [0.25, 0.3) is 10.8 Å². The van der Waals surface area contributed by atoms with Gasteiger partial charge in [0.1, 0.15) is 11.9 Å². The number of benzene rings is 2. The molecule has 1 unspecified atom stereocenters. The second-order valence-corrected chi connectivity index (χ2v) is 7.28. The molecule has 2 aromatic carbocycles. The first kappa shape index (κ1) is 18.7. The maximum atomic E-state index is 11.8. The van der Waals surface area contributed by atoms with Gasteiger partial charge in [-0.2, -0.15) is 0 Å². The van der Waals surface area contributed by atoms with E-state index in [4.69, 9.17) is 9.47 Å². The zero-order chi connectivity index (χ0) is 19.2. The van der Waals surface area contributed by atoms with E-state index in [0.29, 0.717) is 12.0 Å². The molecule has 2 heterocycles. The van der Waals surface area contributed by atoms with Crippen molar-refractivity contribution in [1.29, 1.82) is 0 Å². The number of aromatic amines is 1. The van der Waals surface area contributed by atoms with Crippen molar-refractivity contribution < 1.29 is 9.47 Å². The smallest absolute Gasteiger partial charge is 0.255 e. The van der Waals surface area contributed by atoms with Crippen LogP contribution in [0, 0.1) is 0 Å². The van der Waals surface area contributed by atoms with E-state index >= 15 is 0 Å². The normalized spacial score (nSPS) is 17.6. The van der Waals surface area contributed by atoms with Gasteiger partial charge >= 0.3 is 0 Å². The average molecular weight is 378 g/mol. The highest BCUT2D eigenvalue weighted by atomic mass is 16.5. The molecule has 1 fully saturated rings. The van der Waals surface area contributed by atoms with Crippen LogP contribution in [0.15, 0.2) is 65.6 Å². The maximum Gasteiger partial charge on any atom is 0.255 e. The van der Waals surface area contributed by atoms with Crippen LogP contribution in [0.5, 0.6) is 5.75 Å². The molecule has 146 valence electrons. The standard InChI is InChI=1S/C23H26N2O3/c26-23-22-9-8-20(15-19(22)10-11-24-23)28-21-7-4-12-25(16-21)13-14-27-17-18-5-2-1-3-6-18/h1-3,5-6,8-11,15,21H,4,7,12-14,16-17H2,(H,24,26). The van der Waals surface area contributed by atoms with Crippen LogP contribution in [0.3, 0.4) is 0 Å². The van der Waals surface area contributed by atoms with E-state index in [-0.39, 0.29) is 11.7 Å². The van der Waals surface area contributed by atoms with Crippen LogP contribution in [0.1, 0.15) is 18.4 Å². The number of rotatable bonds is 7. The number of nitrogens with one attached hydrogen (secondary N) is 1. The fraction of sp³-hybridized carbons (Fsp3) is 0.348. The molecule has 0 amide bonds. The van der Waals surface area contributed by atoms with Crippen molar-refractivity contribution in [2.45, 2.75) is 25.6 Å². The Kier molecular flexibility index (Phi) is 6.04. The molecule has 0 saturated carbocycles. The molecule has 1 aliphatic heterocycles. The van der Waals surface area contributed by atoms with Crippen molar-refractivity contribution in [3.8, 4) is 5.75 Å². The lowest BCUT2D eigenvalue weighted by molar-refractivity contribution is 0.0510. The van der Waals surface area contributed by atoms with Crippen molar-refractivity contribution in [2.24, 2.45) is 0 Å². The minimum absolute atomic E-state index is 0.0663. The van der Waals surface area contributed by atoms with E-state index in [0.717, 1.165) is 50.2 Å². The number of pyridine rings is 1. The summed E-state index contributed by atoms with van der Waals surface area (Å²) in [5.41, 5.74) is 1.14. The molecule has 1 N–H and O–H groups in total. The van der Waals surface area contributed by atoms with E-state index in [2.05, 4.69) is 22.0 Å². The third-order valence-corrected chi connectivity index (χ3v) is 5.17. The number of ether oxygens (including phenoxy) is 2. The number of aromatic nitrogens is 1. The van der Waals surface area contributed by atoms with Gasteiger partial charge in [-0.05, 0) is 54.6 Å². The molecule has 28 heavy (non-hydrogen) atoms. The van der Waals surface area contributed by atoms with Crippen LogP contribution in [0.2, 0.25) is 0 Å². The predicted octanol–water partition coefficient (Wildman–Crippen LogP) is 3.59. The second-order valence-electron chi connectivity index (χ2n) is 7.28. The Morgan fingerprint density at radius 2 is 2.00 bits per heavy atom. The summed E-state index contributed by atoms with van der Waals surface area (Å²) in [6.07, 6.45) is 4.01. The third kappa shape index (κ3) is 4.80. The maximum absolute atomic E-state index is 11.8. The highest BCUT2D eigenvalue weighted by Crippen LogP contribution is 2.22. The zero-order valence-electron chi connectivity index (χ0n) is 16.0. The van der Waals surface area contributed by atoms with Crippen molar-refractivity contribution in [1.82, 2.24) is 9.88 Å². The lowest BCUT2D eigenvalue weighted by Gasteiger charge is -2.32. The van der Waals surface area contributed by atoms with Gasteiger partial charge in [-0.25, -0.2) is 0 Å². The molecule has 4 rings (SSSR count). The van der Waals surface area contributed by atoms with Crippen molar-refractivity contribution in [3.63, 3.8) is 0 Å². The molecular formula is C23H26N2O3. The molecule has 3 aromatic rings. The summed E-state index contributed by atoms with van der Waals surface area (Å²) in [6.45, 7) is 4.29. The minimum atomic E-state index is -0.0663. The summed E-state index contributed by atoms with van der Waals surface area (Å²) < 4.78 is 12.0. The van der Waals surface area contributed by atoms with Gasteiger partial charge in [-0.1, -0.05) is 30.3 Å². The number of fused-ring (bicyclic) bond motifs is 1. The summed E-state index contributed by atoms with van der Waals surface area (Å²) in [7, 11) is 0. The second kappa shape index (κ2) is 9.04. The van der Waals surface area contributed by atoms with Crippen LogP contribution >= 0.6 is 0 Å². The van der Waals surface area contributed by atoms with Crippen molar-refractivity contribution >= 4 is 10.8 Å². The number of hydrogen-bond acceptors (Lipinski definition) is 4. The Hall–Kier alpha value is -2.63. The Balaban J connectivity index is 1.27. The molecule has 0 radical (unpaired) electrons. The highest BCUT2D eigenvalue weighted by molar-refractivity contribution is 5.82. The molecule has 0 bridgehead atoms. The number of nitrogens with zero attached hydrogens (tertiary/aromatic N) is 1. The van der Waals surface area contributed by atoms with Crippen molar-refractivity contribution in [2.75, 3.05) is 26.2 Å². The van der Waals surface area contributed by atoms with E-state index in [1.807, 2.05) is 42.5 Å². The molecule has 0 aliphatic carbocycles. The molecule has 1 saturated heterocycles. The Bertz CT molecular complexity index is 955. The van der Waals surface area contributed by atoms with Crippen LogP contribution in [-0.4, -0.2) is 42.2 Å². The SMILES string of the molecule is O=c1[nH]ccc2cc(OC3CCCN(CCOCc4ccccc4)C3)ccc12. The van der Waals surface area contributed by atoms with Crippen LogP contribution < -0.4 is 10.3 Å². The Morgan fingerprint density at radius 1 is 1.11 bits per heavy atom. The first-order valence-electron chi connectivity index (χ1n) is 9.90. The van der Waals surface area contributed by atoms with Gasteiger partial charge in [0.25, 0.3) is 5.56 Å². The summed E-state index contributed by atoms with van der Waals surface area (Å²) >= 11 is 0. The van der Waals surface area contributed by atoms with Crippen LogP contribution in [-0.2, 0) is 11.3 Å². The van der Waals surface area contributed by atoms with Crippen LogP contribution in [0.4, 0.5) is 0 Å². The van der Waals surface area contributed by atoms with Gasteiger partial charge in [0.05, 0.1) is 13.2 Å². The quantitative estimate of drug-likeness (QED) is 0.639. The molecule has 5 nitrogen and oxygen atoms in total. The fourth-order valence-corrected chi connectivity index (χ4v) is 3.71. The first-order valence-corrected chi connectivity index (χ1v) is 9.90. The van der Waals surface area contributed by atoms with Gasteiger partial charge in [-0.15, -0.1) is 0 Å². The number of H-pyrrole nitrogens is 1. The van der Waals surface area contributed by atoms with Gasteiger partial charge in [0, 0.05) is 24.7 Å². The third-order valence-electron chi connectivity index (χ3n) is 5.17. The molecule has 1 aliphatic rings. The molecule has 5 heteroatoms. The van der Waals surface area contributed by atoms with E-state index in [1.165, 1.54) is 5.56 Å². The van der Waals surface area contributed by atoms with Crippen molar-refractivity contribution in [3.05, 3.63) is 76.7 Å². The monoisotopic (exact) mass is 378 g/mol. The summed E-state index contributed by atoms with van der Waals surface area (Å²) in [5.74, 6) is 0.824.